The van der Waals surface area contributed by atoms with Crippen molar-refractivity contribution in [3.8, 4) is 5.75 Å². The van der Waals surface area contributed by atoms with Crippen LogP contribution in [0.15, 0.2) is 16.8 Å². The van der Waals surface area contributed by atoms with Crippen LogP contribution in [0.5, 0.6) is 5.75 Å². The number of benzene rings is 1. The first-order valence-corrected chi connectivity index (χ1v) is 6.57. The highest BCUT2D eigenvalue weighted by molar-refractivity contribution is 5.95. The lowest BCUT2D eigenvalue weighted by atomic mass is 9.82. The maximum absolute atomic E-state index is 9.81. The van der Waals surface area contributed by atoms with Gasteiger partial charge in [-0.05, 0) is 36.0 Å². The van der Waals surface area contributed by atoms with Gasteiger partial charge in [0.1, 0.15) is 0 Å². The van der Waals surface area contributed by atoms with Crippen molar-refractivity contribution < 1.29 is 14.3 Å². The van der Waals surface area contributed by atoms with Crippen LogP contribution < -0.4 is 4.74 Å². The lowest BCUT2D eigenvalue weighted by Crippen LogP contribution is -2.08. The molecule has 3 rings (SSSR count). The van der Waals surface area contributed by atoms with Crippen molar-refractivity contribution in [1.82, 2.24) is 0 Å². The van der Waals surface area contributed by atoms with Crippen LogP contribution in [0, 0.1) is 6.92 Å². The standard InChI is InChI=1S/C16H18O3/c1-9-5-4-6-11-13(9)12(7-17)14-10(2)8-19-16(14)15(11)18-3/h4,6,8-9,17H,5,7H2,1-3H3/t9-/m0/s1. The molecule has 0 spiro atoms. The predicted molar refractivity (Wildman–Crippen MR) is 75.5 cm³/mol. The van der Waals surface area contributed by atoms with E-state index in [0.29, 0.717) is 5.92 Å². The van der Waals surface area contributed by atoms with E-state index < -0.39 is 0 Å². The fourth-order valence-corrected chi connectivity index (χ4v) is 3.13. The zero-order chi connectivity index (χ0) is 13.6. The summed E-state index contributed by atoms with van der Waals surface area (Å²) in [6.07, 6.45) is 6.95. The second kappa shape index (κ2) is 4.42. The Kier molecular flexibility index (Phi) is 2.86. The second-order valence-corrected chi connectivity index (χ2v) is 5.16. The third-order valence-electron chi connectivity index (χ3n) is 3.97. The lowest BCUT2D eigenvalue weighted by Gasteiger charge is -2.24. The van der Waals surface area contributed by atoms with E-state index in [1.165, 1.54) is 5.56 Å². The van der Waals surface area contributed by atoms with Crippen LogP contribution in [-0.4, -0.2) is 12.2 Å². The van der Waals surface area contributed by atoms with E-state index in [-0.39, 0.29) is 6.61 Å². The van der Waals surface area contributed by atoms with Gasteiger partial charge in [0, 0.05) is 10.9 Å². The third kappa shape index (κ3) is 1.61. The molecule has 1 aliphatic carbocycles. The van der Waals surface area contributed by atoms with Gasteiger partial charge in [-0.25, -0.2) is 0 Å². The number of ether oxygens (including phenoxy) is 1. The molecule has 1 aromatic heterocycles. The van der Waals surface area contributed by atoms with Crippen LogP contribution in [0.4, 0.5) is 0 Å². The van der Waals surface area contributed by atoms with Gasteiger partial charge in [0.25, 0.3) is 0 Å². The number of fused-ring (bicyclic) bond motifs is 2. The number of hydrogen-bond acceptors (Lipinski definition) is 3. The summed E-state index contributed by atoms with van der Waals surface area (Å²) in [5, 5.41) is 10.8. The number of furan rings is 1. The van der Waals surface area contributed by atoms with Gasteiger partial charge in [-0.2, -0.15) is 0 Å². The minimum atomic E-state index is 0.0291. The normalized spacial score (nSPS) is 17.8. The molecule has 1 N–H and O–H groups in total. The number of aliphatic hydroxyl groups excluding tert-OH is 1. The summed E-state index contributed by atoms with van der Waals surface area (Å²) < 4.78 is 11.2. The molecule has 100 valence electrons. The fraction of sp³-hybridized carbons (Fsp3) is 0.375. The summed E-state index contributed by atoms with van der Waals surface area (Å²) in [7, 11) is 1.67. The third-order valence-corrected chi connectivity index (χ3v) is 3.97. The van der Waals surface area contributed by atoms with Gasteiger partial charge < -0.3 is 14.3 Å². The van der Waals surface area contributed by atoms with Crippen LogP contribution >= 0.6 is 0 Å². The average molecular weight is 258 g/mol. The van der Waals surface area contributed by atoms with E-state index in [1.807, 2.05) is 6.92 Å². The minimum absolute atomic E-state index is 0.0291. The Balaban J connectivity index is 2.51. The number of allylic oxidation sites excluding steroid dienone is 1. The molecule has 0 amide bonds. The monoisotopic (exact) mass is 258 g/mol. The summed E-state index contributed by atoms with van der Waals surface area (Å²) in [5.41, 5.74) is 5.00. The van der Waals surface area contributed by atoms with Crippen molar-refractivity contribution >= 4 is 17.0 Å². The second-order valence-electron chi connectivity index (χ2n) is 5.16. The first-order chi connectivity index (χ1) is 9.19. The molecule has 0 aliphatic heterocycles. The fourth-order valence-electron chi connectivity index (χ4n) is 3.13. The predicted octanol–water partition coefficient (Wildman–Crippen LogP) is 3.76. The molecule has 0 unspecified atom stereocenters. The van der Waals surface area contributed by atoms with Gasteiger partial charge in [0.15, 0.2) is 11.3 Å². The largest absolute Gasteiger partial charge is 0.492 e. The number of rotatable bonds is 2. The molecule has 1 aromatic carbocycles. The molecule has 3 nitrogen and oxygen atoms in total. The highest BCUT2D eigenvalue weighted by Crippen LogP contribution is 2.44. The molecule has 0 fully saturated rings. The Labute approximate surface area is 112 Å². The number of aliphatic hydroxyl groups is 1. The first-order valence-electron chi connectivity index (χ1n) is 6.57. The molecule has 0 saturated heterocycles. The molecule has 3 heteroatoms. The lowest BCUT2D eigenvalue weighted by molar-refractivity contribution is 0.281. The summed E-state index contributed by atoms with van der Waals surface area (Å²) in [6, 6.07) is 0. The number of hydrogen-bond donors (Lipinski definition) is 1. The van der Waals surface area contributed by atoms with Gasteiger partial charge in [0.05, 0.1) is 20.0 Å². The van der Waals surface area contributed by atoms with Crippen molar-refractivity contribution in [3.05, 3.63) is 34.6 Å². The van der Waals surface area contributed by atoms with E-state index in [1.54, 1.807) is 13.4 Å². The van der Waals surface area contributed by atoms with Gasteiger partial charge in [-0.3, -0.25) is 0 Å². The zero-order valence-electron chi connectivity index (χ0n) is 11.5. The van der Waals surface area contributed by atoms with E-state index in [4.69, 9.17) is 9.15 Å². The minimum Gasteiger partial charge on any atom is -0.492 e. The van der Waals surface area contributed by atoms with E-state index in [0.717, 1.165) is 39.8 Å². The van der Waals surface area contributed by atoms with Crippen molar-refractivity contribution in [3.63, 3.8) is 0 Å². The van der Waals surface area contributed by atoms with Gasteiger partial charge in [-0.1, -0.05) is 19.1 Å². The molecule has 19 heavy (non-hydrogen) atoms. The summed E-state index contributed by atoms with van der Waals surface area (Å²) in [6.45, 7) is 4.21. The van der Waals surface area contributed by atoms with Crippen LogP contribution in [0.3, 0.4) is 0 Å². The van der Waals surface area contributed by atoms with Crippen molar-refractivity contribution in [1.29, 1.82) is 0 Å². The summed E-state index contributed by atoms with van der Waals surface area (Å²) in [4.78, 5) is 0. The maximum atomic E-state index is 9.81. The molecule has 0 bridgehead atoms. The SMILES string of the molecule is COc1c2c(c(CO)c3c(C)coc13)[C@@H](C)CC=C2. The van der Waals surface area contributed by atoms with Gasteiger partial charge in [-0.15, -0.1) is 0 Å². The van der Waals surface area contributed by atoms with Gasteiger partial charge >= 0.3 is 0 Å². The summed E-state index contributed by atoms with van der Waals surface area (Å²) in [5.74, 6) is 1.16. The average Bonchev–Trinajstić information content (AvgIpc) is 2.79. The number of aryl methyl sites for hydroxylation is 1. The Bertz CT molecular complexity index is 664. The molecule has 2 aromatic rings. The molecular weight excluding hydrogens is 240 g/mol. The van der Waals surface area contributed by atoms with Crippen LogP contribution in [0.25, 0.3) is 17.0 Å². The summed E-state index contributed by atoms with van der Waals surface area (Å²) >= 11 is 0. The zero-order valence-corrected chi connectivity index (χ0v) is 11.5. The Morgan fingerprint density at radius 3 is 2.95 bits per heavy atom. The molecule has 0 saturated carbocycles. The molecule has 0 radical (unpaired) electrons. The van der Waals surface area contributed by atoms with E-state index in [2.05, 4.69) is 19.1 Å². The van der Waals surface area contributed by atoms with Crippen molar-refractivity contribution in [2.24, 2.45) is 0 Å². The smallest absolute Gasteiger partial charge is 0.176 e. The van der Waals surface area contributed by atoms with Gasteiger partial charge in [0.2, 0.25) is 0 Å². The molecule has 1 heterocycles. The molecule has 1 aliphatic rings. The quantitative estimate of drug-likeness (QED) is 0.891. The van der Waals surface area contributed by atoms with Crippen LogP contribution in [0.2, 0.25) is 0 Å². The highest BCUT2D eigenvalue weighted by atomic mass is 16.5. The Morgan fingerprint density at radius 1 is 1.47 bits per heavy atom. The number of methoxy groups -OCH3 is 1. The van der Waals surface area contributed by atoms with E-state index >= 15 is 0 Å². The van der Waals surface area contributed by atoms with Crippen LogP contribution in [-0.2, 0) is 6.61 Å². The highest BCUT2D eigenvalue weighted by Gasteiger charge is 2.26. The maximum Gasteiger partial charge on any atom is 0.176 e. The molecule has 1 atom stereocenters. The topological polar surface area (TPSA) is 42.6 Å². The van der Waals surface area contributed by atoms with Crippen molar-refractivity contribution in [2.75, 3.05) is 7.11 Å². The van der Waals surface area contributed by atoms with Crippen LogP contribution in [0.1, 0.15) is 41.5 Å². The Morgan fingerprint density at radius 2 is 2.26 bits per heavy atom. The van der Waals surface area contributed by atoms with E-state index in [9.17, 15) is 5.11 Å². The molecular formula is C16H18O3. The Hall–Kier alpha value is -1.74. The van der Waals surface area contributed by atoms with Crippen molar-refractivity contribution in [2.45, 2.75) is 32.8 Å². The first kappa shape index (κ1) is 12.3.